The molecule has 1 aromatic rings. The van der Waals surface area contributed by atoms with Crippen LogP contribution in [0.5, 0.6) is 5.88 Å². The molecule has 0 aliphatic carbocycles. The molecular formula is C8H12N2O3. The molecular weight excluding hydrogens is 172 g/mol. The summed E-state index contributed by atoms with van der Waals surface area (Å²) in [4.78, 5) is 15.3. The van der Waals surface area contributed by atoms with Crippen LogP contribution in [0.1, 0.15) is 11.5 Å². The highest BCUT2D eigenvalue weighted by molar-refractivity contribution is 5.72. The van der Waals surface area contributed by atoms with E-state index in [9.17, 15) is 4.79 Å². The summed E-state index contributed by atoms with van der Waals surface area (Å²) < 4.78 is 10.9. The van der Waals surface area contributed by atoms with Crippen molar-refractivity contribution >= 4 is 6.09 Å². The molecule has 0 aromatic carbocycles. The van der Waals surface area contributed by atoms with Crippen molar-refractivity contribution in [2.24, 2.45) is 0 Å². The van der Waals surface area contributed by atoms with Crippen molar-refractivity contribution in [1.29, 1.82) is 0 Å². The van der Waals surface area contributed by atoms with E-state index in [1.165, 1.54) is 18.8 Å². The van der Waals surface area contributed by atoms with Gasteiger partial charge in [0.1, 0.15) is 5.82 Å². The van der Waals surface area contributed by atoms with Gasteiger partial charge in [-0.25, -0.2) is 9.36 Å². The smallest absolute Gasteiger partial charge is 0.419 e. The molecule has 5 heteroatoms. The first-order valence-electron chi connectivity index (χ1n) is 3.80. The molecule has 5 nitrogen and oxygen atoms in total. The summed E-state index contributed by atoms with van der Waals surface area (Å²) >= 11 is 0. The number of rotatable bonds is 1. The summed E-state index contributed by atoms with van der Waals surface area (Å²) in [6.07, 6.45) is -0.453. The van der Waals surface area contributed by atoms with E-state index in [4.69, 9.17) is 4.74 Å². The summed E-state index contributed by atoms with van der Waals surface area (Å²) in [7, 11) is 2.84. The third kappa shape index (κ3) is 1.49. The van der Waals surface area contributed by atoms with Gasteiger partial charge in [0.05, 0.1) is 19.9 Å². The van der Waals surface area contributed by atoms with Crippen molar-refractivity contribution in [1.82, 2.24) is 9.55 Å². The number of ether oxygens (including phenoxy) is 2. The van der Waals surface area contributed by atoms with Crippen LogP contribution in [-0.4, -0.2) is 29.9 Å². The fraction of sp³-hybridized carbons (Fsp3) is 0.500. The van der Waals surface area contributed by atoms with Gasteiger partial charge in [0.25, 0.3) is 0 Å². The summed E-state index contributed by atoms with van der Waals surface area (Å²) in [6.45, 7) is 3.46. The SMILES string of the molecule is COC(=O)n1c(C)nc(OC)c1C. The second-order valence-corrected chi connectivity index (χ2v) is 2.56. The van der Waals surface area contributed by atoms with Crippen LogP contribution in [0.25, 0.3) is 0 Å². The Labute approximate surface area is 76.3 Å². The van der Waals surface area contributed by atoms with E-state index in [1.54, 1.807) is 13.8 Å². The molecule has 0 atom stereocenters. The summed E-state index contributed by atoms with van der Waals surface area (Å²) in [5.41, 5.74) is 0.645. The number of methoxy groups -OCH3 is 2. The van der Waals surface area contributed by atoms with Gasteiger partial charge in [0.2, 0.25) is 5.88 Å². The van der Waals surface area contributed by atoms with Gasteiger partial charge in [-0.2, -0.15) is 4.98 Å². The molecule has 0 N–H and O–H groups in total. The minimum absolute atomic E-state index is 0.447. The predicted molar refractivity (Wildman–Crippen MR) is 46.1 cm³/mol. The highest BCUT2D eigenvalue weighted by atomic mass is 16.5. The van der Waals surface area contributed by atoms with Crippen molar-refractivity contribution in [3.63, 3.8) is 0 Å². The van der Waals surface area contributed by atoms with E-state index in [1.807, 2.05) is 0 Å². The van der Waals surface area contributed by atoms with Crippen molar-refractivity contribution in [3.05, 3.63) is 11.5 Å². The zero-order valence-electron chi connectivity index (χ0n) is 8.12. The van der Waals surface area contributed by atoms with E-state index < -0.39 is 6.09 Å². The maximum Gasteiger partial charge on any atom is 0.419 e. The molecule has 0 bridgehead atoms. The Morgan fingerprint density at radius 2 is 2.00 bits per heavy atom. The Morgan fingerprint density at radius 1 is 1.38 bits per heavy atom. The van der Waals surface area contributed by atoms with Gasteiger partial charge in [-0.05, 0) is 13.8 Å². The average molecular weight is 184 g/mol. The lowest BCUT2D eigenvalue weighted by atomic mass is 10.5. The highest BCUT2D eigenvalue weighted by Gasteiger charge is 2.16. The molecule has 0 spiro atoms. The van der Waals surface area contributed by atoms with Gasteiger partial charge in [0, 0.05) is 0 Å². The molecule has 0 amide bonds. The molecule has 72 valence electrons. The summed E-state index contributed by atoms with van der Waals surface area (Å²) in [5.74, 6) is 1.00. The molecule has 0 aliphatic heterocycles. The van der Waals surface area contributed by atoms with Gasteiger partial charge >= 0.3 is 6.09 Å². The van der Waals surface area contributed by atoms with Gasteiger partial charge < -0.3 is 9.47 Å². The Morgan fingerprint density at radius 3 is 2.38 bits per heavy atom. The van der Waals surface area contributed by atoms with Gasteiger partial charge in [0.15, 0.2) is 0 Å². The normalized spacial score (nSPS) is 9.85. The van der Waals surface area contributed by atoms with E-state index in [-0.39, 0.29) is 0 Å². The fourth-order valence-electron chi connectivity index (χ4n) is 1.17. The third-order valence-corrected chi connectivity index (χ3v) is 1.78. The van der Waals surface area contributed by atoms with Gasteiger partial charge in [-0.3, -0.25) is 0 Å². The first-order valence-corrected chi connectivity index (χ1v) is 3.80. The van der Waals surface area contributed by atoms with Crippen LogP contribution < -0.4 is 4.74 Å². The van der Waals surface area contributed by atoms with Crippen LogP contribution in [0, 0.1) is 13.8 Å². The van der Waals surface area contributed by atoms with Crippen molar-refractivity contribution in [3.8, 4) is 5.88 Å². The number of hydrogen-bond acceptors (Lipinski definition) is 4. The first kappa shape index (κ1) is 9.57. The fourth-order valence-corrected chi connectivity index (χ4v) is 1.17. The Kier molecular flexibility index (Phi) is 2.55. The maximum atomic E-state index is 11.2. The van der Waals surface area contributed by atoms with Crippen LogP contribution in [0.4, 0.5) is 4.79 Å². The largest absolute Gasteiger partial charge is 0.480 e. The number of aryl methyl sites for hydroxylation is 1. The van der Waals surface area contributed by atoms with Crippen molar-refractivity contribution in [2.75, 3.05) is 14.2 Å². The lowest BCUT2D eigenvalue weighted by molar-refractivity contribution is 0.171. The number of nitrogens with zero attached hydrogens (tertiary/aromatic N) is 2. The molecule has 13 heavy (non-hydrogen) atoms. The van der Waals surface area contributed by atoms with E-state index in [0.29, 0.717) is 17.4 Å². The minimum Gasteiger partial charge on any atom is -0.480 e. The Hall–Kier alpha value is -1.52. The number of hydrogen-bond donors (Lipinski definition) is 0. The molecule has 0 aliphatic rings. The summed E-state index contributed by atoms with van der Waals surface area (Å²) in [6, 6.07) is 0. The van der Waals surface area contributed by atoms with Crippen molar-refractivity contribution < 1.29 is 14.3 Å². The lowest BCUT2D eigenvalue weighted by Crippen LogP contribution is -2.14. The van der Waals surface area contributed by atoms with E-state index in [2.05, 4.69) is 9.72 Å². The quantitative estimate of drug-likeness (QED) is 0.656. The minimum atomic E-state index is -0.453. The molecule has 1 heterocycles. The molecule has 0 unspecified atom stereocenters. The predicted octanol–water partition coefficient (Wildman–Crippen LogP) is 1.12. The van der Waals surface area contributed by atoms with E-state index in [0.717, 1.165) is 0 Å². The zero-order valence-corrected chi connectivity index (χ0v) is 8.12. The molecule has 0 radical (unpaired) electrons. The molecule has 0 saturated carbocycles. The molecule has 0 saturated heterocycles. The molecule has 0 fully saturated rings. The highest BCUT2D eigenvalue weighted by Crippen LogP contribution is 2.17. The summed E-state index contributed by atoms with van der Waals surface area (Å²) in [5, 5.41) is 0. The van der Waals surface area contributed by atoms with Crippen LogP contribution in [0.2, 0.25) is 0 Å². The van der Waals surface area contributed by atoms with Gasteiger partial charge in [-0.15, -0.1) is 0 Å². The molecule has 1 aromatic heterocycles. The van der Waals surface area contributed by atoms with Crippen LogP contribution in [-0.2, 0) is 4.74 Å². The van der Waals surface area contributed by atoms with Crippen molar-refractivity contribution in [2.45, 2.75) is 13.8 Å². The van der Waals surface area contributed by atoms with Crippen LogP contribution in [0.15, 0.2) is 0 Å². The topological polar surface area (TPSA) is 53.4 Å². The number of aromatic nitrogens is 2. The second-order valence-electron chi connectivity index (χ2n) is 2.56. The van der Waals surface area contributed by atoms with Gasteiger partial charge in [-0.1, -0.05) is 0 Å². The number of carbonyl (C=O) groups is 1. The Balaban J connectivity index is 3.20. The van der Waals surface area contributed by atoms with E-state index >= 15 is 0 Å². The maximum absolute atomic E-state index is 11.2. The first-order chi connectivity index (χ1) is 6.11. The molecule has 1 rings (SSSR count). The standard InChI is InChI=1S/C8H12N2O3/c1-5-7(12-3)9-6(2)10(5)8(11)13-4/h1-4H3. The Bertz CT molecular complexity index is 330. The average Bonchev–Trinajstić information content (AvgIpc) is 2.40. The second kappa shape index (κ2) is 3.47. The number of carbonyl (C=O) groups excluding carboxylic acids is 1. The monoisotopic (exact) mass is 184 g/mol. The van der Waals surface area contributed by atoms with Crippen LogP contribution in [0.3, 0.4) is 0 Å². The lowest BCUT2D eigenvalue weighted by Gasteiger charge is -2.03. The third-order valence-electron chi connectivity index (χ3n) is 1.78. The van der Waals surface area contributed by atoms with Crippen LogP contribution >= 0.6 is 0 Å². The number of imidazole rings is 1. The zero-order chi connectivity index (χ0) is 10.0.